The number of carbonyl (C=O) groups is 1. The van der Waals surface area contributed by atoms with Crippen LogP contribution in [-0.2, 0) is 4.79 Å². The Morgan fingerprint density at radius 3 is 2.83 bits per heavy atom. The molecule has 1 saturated heterocycles. The third kappa shape index (κ3) is 3.31. The molecule has 0 saturated carbocycles. The van der Waals surface area contributed by atoms with Gasteiger partial charge in [0.1, 0.15) is 0 Å². The Hall–Kier alpha value is -1.39. The van der Waals surface area contributed by atoms with Crippen LogP contribution in [0.5, 0.6) is 0 Å². The van der Waals surface area contributed by atoms with Crippen LogP contribution in [0, 0.1) is 13.8 Å². The minimum absolute atomic E-state index is 0.0346. The first-order valence-corrected chi connectivity index (χ1v) is 6.39. The first-order chi connectivity index (χ1) is 8.54. The molecule has 1 atom stereocenters. The molecule has 0 radical (unpaired) electrons. The lowest BCUT2D eigenvalue weighted by Crippen LogP contribution is -2.33. The number of nitrogens with one attached hydrogen (secondary N) is 1. The van der Waals surface area contributed by atoms with Gasteiger partial charge in [-0.25, -0.2) is 0 Å². The lowest BCUT2D eigenvalue weighted by molar-refractivity contribution is -0.117. The molecule has 4 nitrogen and oxygen atoms in total. The van der Waals surface area contributed by atoms with E-state index in [2.05, 4.69) is 17.1 Å². The van der Waals surface area contributed by atoms with Crippen molar-refractivity contribution < 1.29 is 4.79 Å². The third-order valence-electron chi connectivity index (χ3n) is 3.47. The fraction of sp³-hybridized carbons (Fsp3) is 0.500. The second-order valence-corrected chi connectivity index (χ2v) is 5.13. The van der Waals surface area contributed by atoms with Crippen molar-refractivity contribution in [1.82, 2.24) is 4.90 Å². The van der Waals surface area contributed by atoms with Crippen LogP contribution < -0.4 is 11.1 Å². The van der Waals surface area contributed by atoms with Gasteiger partial charge in [-0.3, -0.25) is 9.69 Å². The molecule has 1 fully saturated rings. The van der Waals surface area contributed by atoms with Crippen molar-refractivity contribution in [2.24, 2.45) is 5.73 Å². The molecule has 3 N–H and O–H groups in total. The highest BCUT2D eigenvalue weighted by Gasteiger charge is 2.20. The highest BCUT2D eigenvalue weighted by molar-refractivity contribution is 5.92. The molecule has 0 aliphatic carbocycles. The number of hydrogen-bond acceptors (Lipinski definition) is 3. The standard InChI is InChI=1S/C14H21N3O/c1-10-3-4-13(7-11(10)2)16-14(18)9-17-6-5-12(15)8-17/h3-4,7,12H,5-6,8-9,15H2,1-2H3,(H,16,18)/t12-/m1/s1. The van der Waals surface area contributed by atoms with Gasteiger partial charge in [0.15, 0.2) is 0 Å². The number of nitrogens with zero attached hydrogens (tertiary/aromatic N) is 1. The molecule has 98 valence electrons. The Balaban J connectivity index is 1.89. The first-order valence-electron chi connectivity index (χ1n) is 6.39. The van der Waals surface area contributed by atoms with Crippen molar-refractivity contribution in [3.8, 4) is 0 Å². The van der Waals surface area contributed by atoms with Gasteiger partial charge in [-0.1, -0.05) is 6.07 Å². The van der Waals surface area contributed by atoms with E-state index in [9.17, 15) is 4.79 Å². The minimum Gasteiger partial charge on any atom is -0.326 e. The zero-order valence-corrected chi connectivity index (χ0v) is 11.1. The minimum atomic E-state index is 0.0346. The van der Waals surface area contributed by atoms with Gasteiger partial charge < -0.3 is 11.1 Å². The van der Waals surface area contributed by atoms with E-state index in [1.165, 1.54) is 11.1 Å². The van der Waals surface area contributed by atoms with Gasteiger partial charge >= 0.3 is 0 Å². The molecule has 1 aliphatic heterocycles. The summed E-state index contributed by atoms with van der Waals surface area (Å²) in [7, 11) is 0. The normalized spacial score (nSPS) is 20.1. The number of aryl methyl sites for hydroxylation is 2. The van der Waals surface area contributed by atoms with Crippen molar-refractivity contribution in [1.29, 1.82) is 0 Å². The van der Waals surface area contributed by atoms with Crippen LogP contribution in [0.1, 0.15) is 17.5 Å². The second-order valence-electron chi connectivity index (χ2n) is 5.13. The van der Waals surface area contributed by atoms with E-state index in [0.29, 0.717) is 6.54 Å². The maximum Gasteiger partial charge on any atom is 0.238 e. The summed E-state index contributed by atoms with van der Waals surface area (Å²) in [6, 6.07) is 6.19. The van der Waals surface area contributed by atoms with Gasteiger partial charge in [0.25, 0.3) is 0 Å². The highest BCUT2D eigenvalue weighted by atomic mass is 16.2. The molecular weight excluding hydrogens is 226 g/mol. The van der Waals surface area contributed by atoms with Gasteiger partial charge in [-0.05, 0) is 43.5 Å². The van der Waals surface area contributed by atoms with E-state index >= 15 is 0 Å². The Morgan fingerprint density at radius 1 is 1.44 bits per heavy atom. The van der Waals surface area contributed by atoms with Gasteiger partial charge in [0, 0.05) is 24.8 Å². The molecule has 0 aromatic heterocycles. The number of hydrogen-bond donors (Lipinski definition) is 2. The molecule has 1 amide bonds. The van der Waals surface area contributed by atoms with E-state index < -0.39 is 0 Å². The van der Waals surface area contributed by atoms with Crippen molar-refractivity contribution in [2.45, 2.75) is 26.3 Å². The van der Waals surface area contributed by atoms with Gasteiger partial charge in [-0.15, -0.1) is 0 Å². The van der Waals surface area contributed by atoms with E-state index in [-0.39, 0.29) is 11.9 Å². The monoisotopic (exact) mass is 247 g/mol. The molecule has 18 heavy (non-hydrogen) atoms. The quantitative estimate of drug-likeness (QED) is 0.846. The lowest BCUT2D eigenvalue weighted by Gasteiger charge is -2.15. The third-order valence-corrected chi connectivity index (χ3v) is 3.47. The molecule has 0 unspecified atom stereocenters. The van der Waals surface area contributed by atoms with Crippen molar-refractivity contribution in [2.75, 3.05) is 25.0 Å². The van der Waals surface area contributed by atoms with E-state index in [1.54, 1.807) is 0 Å². The van der Waals surface area contributed by atoms with E-state index in [0.717, 1.165) is 25.2 Å². The summed E-state index contributed by atoms with van der Waals surface area (Å²) in [6.07, 6.45) is 0.983. The molecule has 1 aliphatic rings. The maximum absolute atomic E-state index is 11.9. The topological polar surface area (TPSA) is 58.4 Å². The molecular formula is C14H21N3O. The number of anilines is 1. The molecule has 1 aromatic carbocycles. The fourth-order valence-corrected chi connectivity index (χ4v) is 2.23. The summed E-state index contributed by atoms with van der Waals surface area (Å²) in [5, 5.41) is 2.93. The van der Waals surface area contributed by atoms with Crippen LogP contribution in [0.25, 0.3) is 0 Å². The zero-order valence-electron chi connectivity index (χ0n) is 11.1. The molecule has 2 rings (SSSR count). The average molecular weight is 247 g/mol. The number of nitrogens with two attached hydrogens (primary N) is 1. The average Bonchev–Trinajstić information content (AvgIpc) is 2.69. The van der Waals surface area contributed by atoms with Gasteiger partial charge in [-0.2, -0.15) is 0 Å². The smallest absolute Gasteiger partial charge is 0.238 e. The maximum atomic E-state index is 11.9. The summed E-state index contributed by atoms with van der Waals surface area (Å²) in [6.45, 7) is 6.28. The molecule has 1 aromatic rings. The summed E-state index contributed by atoms with van der Waals surface area (Å²) in [4.78, 5) is 14.0. The van der Waals surface area contributed by atoms with Crippen molar-refractivity contribution in [3.63, 3.8) is 0 Å². The van der Waals surface area contributed by atoms with E-state index in [4.69, 9.17) is 5.73 Å². The van der Waals surface area contributed by atoms with Crippen LogP contribution in [0.3, 0.4) is 0 Å². The Bertz CT molecular complexity index is 445. The predicted molar refractivity (Wildman–Crippen MR) is 73.6 cm³/mol. The van der Waals surface area contributed by atoms with Crippen LogP contribution in [0.15, 0.2) is 18.2 Å². The molecule has 1 heterocycles. The number of likely N-dealkylation sites (tertiary alicyclic amines) is 1. The van der Waals surface area contributed by atoms with Crippen LogP contribution in [-0.4, -0.2) is 36.5 Å². The van der Waals surface area contributed by atoms with Crippen molar-refractivity contribution >= 4 is 11.6 Å². The van der Waals surface area contributed by atoms with Crippen molar-refractivity contribution in [3.05, 3.63) is 29.3 Å². The number of amides is 1. The number of carbonyl (C=O) groups excluding carboxylic acids is 1. The van der Waals surface area contributed by atoms with Crippen LogP contribution in [0.2, 0.25) is 0 Å². The summed E-state index contributed by atoms with van der Waals surface area (Å²) < 4.78 is 0. The zero-order chi connectivity index (χ0) is 13.1. The Morgan fingerprint density at radius 2 is 2.22 bits per heavy atom. The fourth-order valence-electron chi connectivity index (χ4n) is 2.23. The highest BCUT2D eigenvalue weighted by Crippen LogP contribution is 2.14. The molecule has 0 bridgehead atoms. The molecule has 4 heteroatoms. The summed E-state index contributed by atoms with van der Waals surface area (Å²) in [5.74, 6) is 0.0346. The first kappa shape index (κ1) is 13.1. The SMILES string of the molecule is Cc1ccc(NC(=O)CN2CC[C@@H](N)C2)cc1C. The Labute approximate surface area is 108 Å². The molecule has 0 spiro atoms. The van der Waals surface area contributed by atoms with Crippen LogP contribution in [0.4, 0.5) is 5.69 Å². The van der Waals surface area contributed by atoms with E-state index in [1.807, 2.05) is 25.1 Å². The predicted octanol–water partition coefficient (Wildman–Crippen LogP) is 1.27. The summed E-state index contributed by atoms with van der Waals surface area (Å²) in [5.41, 5.74) is 9.11. The largest absolute Gasteiger partial charge is 0.326 e. The summed E-state index contributed by atoms with van der Waals surface area (Å²) >= 11 is 0. The van der Waals surface area contributed by atoms with Gasteiger partial charge in [0.05, 0.1) is 6.54 Å². The van der Waals surface area contributed by atoms with Crippen LogP contribution >= 0.6 is 0 Å². The lowest BCUT2D eigenvalue weighted by atomic mass is 10.1. The second kappa shape index (κ2) is 5.50. The number of benzene rings is 1. The van der Waals surface area contributed by atoms with Gasteiger partial charge in [0.2, 0.25) is 5.91 Å². The Kier molecular flexibility index (Phi) is 3.99. The number of rotatable bonds is 3.